The third-order valence-corrected chi connectivity index (χ3v) is 6.35. The van der Waals surface area contributed by atoms with Crippen molar-refractivity contribution in [3.05, 3.63) is 76.3 Å². The molecule has 0 spiro atoms. The van der Waals surface area contributed by atoms with E-state index in [2.05, 4.69) is 41.5 Å². The number of hydrogen-bond acceptors (Lipinski definition) is 4. The van der Waals surface area contributed by atoms with Crippen LogP contribution in [0.3, 0.4) is 0 Å². The first-order chi connectivity index (χ1) is 12.6. The lowest BCUT2D eigenvalue weighted by Gasteiger charge is -2.05. The highest BCUT2D eigenvalue weighted by Gasteiger charge is 2.11. The fraction of sp³-hybridized carbons (Fsp3) is 0.238. The van der Waals surface area contributed by atoms with E-state index in [9.17, 15) is 4.79 Å². The van der Waals surface area contributed by atoms with E-state index in [4.69, 9.17) is 0 Å². The van der Waals surface area contributed by atoms with Crippen LogP contribution in [0.1, 0.15) is 28.6 Å². The zero-order chi connectivity index (χ0) is 18.4. The fourth-order valence-electron chi connectivity index (χ4n) is 2.56. The Morgan fingerprint density at radius 1 is 1.08 bits per heavy atom. The number of hydrogen-bond donors (Lipinski definition) is 1. The van der Waals surface area contributed by atoms with Gasteiger partial charge in [-0.1, -0.05) is 61.2 Å². The van der Waals surface area contributed by atoms with Gasteiger partial charge in [0.1, 0.15) is 0 Å². The number of aryl methyl sites for hydroxylation is 2. The second-order valence-corrected chi connectivity index (χ2v) is 8.34. The molecule has 0 aliphatic carbocycles. The molecule has 0 aliphatic rings. The first-order valence-corrected chi connectivity index (χ1v) is 10.5. The molecule has 134 valence electrons. The summed E-state index contributed by atoms with van der Waals surface area (Å²) in [4.78, 5) is 18.0. The van der Waals surface area contributed by atoms with E-state index in [1.807, 2.05) is 37.3 Å². The number of rotatable bonds is 7. The molecule has 3 rings (SSSR count). The van der Waals surface area contributed by atoms with Crippen LogP contribution >= 0.6 is 23.1 Å². The molecule has 0 atom stereocenters. The second kappa shape index (κ2) is 9.01. The highest BCUT2D eigenvalue weighted by molar-refractivity contribution is 8.01. The topological polar surface area (TPSA) is 42.0 Å². The fourth-order valence-corrected chi connectivity index (χ4v) is 4.62. The summed E-state index contributed by atoms with van der Waals surface area (Å²) in [6.07, 6.45) is 1.89. The van der Waals surface area contributed by atoms with Crippen molar-refractivity contribution in [3.8, 4) is 0 Å². The molecule has 1 amide bonds. The molecule has 3 nitrogen and oxygen atoms in total. The van der Waals surface area contributed by atoms with Gasteiger partial charge in [0.05, 0.1) is 11.4 Å². The molecule has 0 fully saturated rings. The lowest BCUT2D eigenvalue weighted by Crippen LogP contribution is -2.13. The number of benzene rings is 2. The van der Waals surface area contributed by atoms with Gasteiger partial charge in [-0.25, -0.2) is 4.98 Å². The van der Waals surface area contributed by atoms with Crippen LogP contribution in [0.15, 0.2) is 58.9 Å². The highest BCUT2D eigenvalue weighted by atomic mass is 32.2. The van der Waals surface area contributed by atoms with Gasteiger partial charge < -0.3 is 5.32 Å². The Labute approximate surface area is 162 Å². The van der Waals surface area contributed by atoms with Crippen molar-refractivity contribution < 1.29 is 4.79 Å². The van der Waals surface area contributed by atoms with Crippen LogP contribution in [0.25, 0.3) is 0 Å². The van der Waals surface area contributed by atoms with Crippen LogP contribution in [0.5, 0.6) is 0 Å². The molecule has 1 heterocycles. The number of carbonyl (C=O) groups excluding carboxylic acids is 1. The maximum Gasteiger partial charge on any atom is 0.234 e. The summed E-state index contributed by atoms with van der Waals surface area (Å²) in [6.45, 7) is 4.15. The van der Waals surface area contributed by atoms with E-state index >= 15 is 0 Å². The van der Waals surface area contributed by atoms with Crippen LogP contribution in [0.2, 0.25) is 0 Å². The minimum atomic E-state index is -0.00305. The Hall–Kier alpha value is -2.11. The summed E-state index contributed by atoms with van der Waals surface area (Å²) < 4.78 is 0.949. The van der Waals surface area contributed by atoms with Crippen LogP contribution < -0.4 is 5.32 Å². The predicted octanol–water partition coefficient (Wildman–Crippen LogP) is 5.34. The Kier molecular flexibility index (Phi) is 6.47. The number of nitrogens with zero attached hydrogens (tertiary/aromatic N) is 1. The van der Waals surface area contributed by atoms with Gasteiger partial charge in [-0.05, 0) is 36.6 Å². The number of carbonyl (C=O) groups is 1. The Bertz CT molecular complexity index is 857. The third kappa shape index (κ3) is 5.19. The molecular formula is C21H22N2OS2. The molecule has 0 unspecified atom stereocenters. The molecule has 3 aromatic rings. The SMILES string of the molecule is CCc1ccc(NC(=O)CSc2nc(C)c(Cc3ccccc3)s2)cc1. The van der Waals surface area contributed by atoms with Gasteiger partial charge in [0.15, 0.2) is 4.34 Å². The number of aromatic nitrogens is 1. The zero-order valence-corrected chi connectivity index (χ0v) is 16.6. The molecule has 2 aromatic carbocycles. The normalized spacial score (nSPS) is 10.7. The molecule has 26 heavy (non-hydrogen) atoms. The molecule has 5 heteroatoms. The van der Waals surface area contributed by atoms with Crippen molar-refractivity contribution >= 4 is 34.7 Å². The van der Waals surface area contributed by atoms with Crippen LogP contribution in [0, 0.1) is 6.92 Å². The molecule has 0 aliphatic heterocycles. The van der Waals surface area contributed by atoms with Gasteiger partial charge in [0.25, 0.3) is 0 Å². The van der Waals surface area contributed by atoms with E-state index in [-0.39, 0.29) is 5.91 Å². The summed E-state index contributed by atoms with van der Waals surface area (Å²) >= 11 is 3.18. The van der Waals surface area contributed by atoms with Gasteiger partial charge in [0, 0.05) is 17.0 Å². The third-order valence-electron chi connectivity index (χ3n) is 4.05. The Morgan fingerprint density at radius 2 is 1.81 bits per heavy atom. The lowest BCUT2D eigenvalue weighted by atomic mass is 10.1. The van der Waals surface area contributed by atoms with Crippen molar-refractivity contribution in [2.24, 2.45) is 0 Å². The van der Waals surface area contributed by atoms with E-state index < -0.39 is 0 Å². The number of thiazole rings is 1. The largest absolute Gasteiger partial charge is 0.325 e. The molecular weight excluding hydrogens is 360 g/mol. The molecule has 0 saturated carbocycles. The van der Waals surface area contributed by atoms with Crippen LogP contribution in [0.4, 0.5) is 5.69 Å². The van der Waals surface area contributed by atoms with Crippen molar-refractivity contribution in [3.63, 3.8) is 0 Å². The van der Waals surface area contributed by atoms with Gasteiger partial charge in [-0.3, -0.25) is 4.79 Å². The summed E-state index contributed by atoms with van der Waals surface area (Å²) in [7, 11) is 0. The first-order valence-electron chi connectivity index (χ1n) is 8.66. The van der Waals surface area contributed by atoms with E-state index in [0.29, 0.717) is 5.75 Å². The molecule has 1 N–H and O–H groups in total. The average molecular weight is 383 g/mol. The van der Waals surface area contributed by atoms with Gasteiger partial charge in [0.2, 0.25) is 5.91 Å². The maximum absolute atomic E-state index is 12.2. The Morgan fingerprint density at radius 3 is 2.50 bits per heavy atom. The van der Waals surface area contributed by atoms with Gasteiger partial charge in [-0.2, -0.15) is 0 Å². The van der Waals surface area contributed by atoms with E-state index in [1.54, 1.807) is 11.3 Å². The van der Waals surface area contributed by atoms with Crippen molar-refractivity contribution in [2.75, 3.05) is 11.1 Å². The van der Waals surface area contributed by atoms with Crippen LogP contribution in [-0.2, 0) is 17.6 Å². The van der Waals surface area contributed by atoms with Crippen molar-refractivity contribution in [1.82, 2.24) is 4.98 Å². The van der Waals surface area contributed by atoms with Gasteiger partial charge in [-0.15, -0.1) is 11.3 Å². The van der Waals surface area contributed by atoms with Crippen LogP contribution in [-0.4, -0.2) is 16.6 Å². The number of nitrogens with one attached hydrogen (secondary N) is 1. The molecule has 0 saturated heterocycles. The highest BCUT2D eigenvalue weighted by Crippen LogP contribution is 2.29. The summed E-state index contributed by atoms with van der Waals surface area (Å²) in [5, 5.41) is 2.94. The van der Waals surface area contributed by atoms with Crippen molar-refractivity contribution in [1.29, 1.82) is 0 Å². The Balaban J connectivity index is 1.54. The smallest absolute Gasteiger partial charge is 0.234 e. The minimum absolute atomic E-state index is 0.00305. The molecule has 0 bridgehead atoms. The summed E-state index contributed by atoms with van der Waals surface area (Å²) in [5.74, 6) is 0.365. The van der Waals surface area contributed by atoms with Crippen molar-refractivity contribution in [2.45, 2.75) is 31.0 Å². The van der Waals surface area contributed by atoms with E-state index in [0.717, 1.165) is 28.6 Å². The minimum Gasteiger partial charge on any atom is -0.325 e. The first kappa shape index (κ1) is 18.7. The standard InChI is InChI=1S/C21H22N2OS2/c1-3-16-9-11-18(12-10-16)23-20(24)14-25-21-22-15(2)19(26-21)13-17-7-5-4-6-8-17/h4-12H,3,13-14H2,1-2H3,(H,23,24). The van der Waals surface area contributed by atoms with E-state index in [1.165, 1.54) is 27.8 Å². The summed E-state index contributed by atoms with van der Waals surface area (Å²) in [6, 6.07) is 18.4. The monoisotopic (exact) mass is 382 g/mol. The molecule has 0 radical (unpaired) electrons. The predicted molar refractivity (Wildman–Crippen MR) is 111 cm³/mol. The quantitative estimate of drug-likeness (QED) is 0.561. The number of amides is 1. The maximum atomic E-state index is 12.2. The van der Waals surface area contributed by atoms with Gasteiger partial charge >= 0.3 is 0 Å². The second-order valence-electron chi connectivity index (χ2n) is 6.04. The molecule has 1 aromatic heterocycles. The number of thioether (sulfide) groups is 1. The zero-order valence-electron chi connectivity index (χ0n) is 15.0. The average Bonchev–Trinajstić information content (AvgIpc) is 3.01. The summed E-state index contributed by atoms with van der Waals surface area (Å²) in [5.41, 5.74) is 4.44. The lowest BCUT2D eigenvalue weighted by molar-refractivity contribution is -0.113. The number of anilines is 1.